The maximum atomic E-state index is 5.20. The summed E-state index contributed by atoms with van der Waals surface area (Å²) >= 11 is 0. The Balaban J connectivity index is 1.53. The zero-order valence-corrected chi connectivity index (χ0v) is 11.1. The summed E-state index contributed by atoms with van der Waals surface area (Å²) in [6.45, 7) is 3.47. The number of rotatable bonds is 6. The second-order valence-electron chi connectivity index (χ2n) is 4.53. The molecule has 0 saturated carbocycles. The van der Waals surface area contributed by atoms with Gasteiger partial charge in [-0.1, -0.05) is 5.16 Å². The van der Waals surface area contributed by atoms with Gasteiger partial charge in [0.15, 0.2) is 11.6 Å². The topological polar surface area (TPSA) is 81.9 Å². The van der Waals surface area contributed by atoms with Crippen molar-refractivity contribution in [2.75, 3.05) is 0 Å². The first-order chi connectivity index (χ1) is 9.81. The normalized spacial score (nSPS) is 12.7. The fraction of sp³-hybridized carbons (Fsp3) is 0.308. The predicted molar refractivity (Wildman–Crippen MR) is 70.5 cm³/mol. The van der Waals surface area contributed by atoms with Crippen LogP contribution in [0.5, 0.6) is 0 Å². The minimum atomic E-state index is 0.273. The van der Waals surface area contributed by atoms with E-state index in [-0.39, 0.29) is 6.04 Å². The minimum absolute atomic E-state index is 0.273. The molecule has 0 aliphatic rings. The number of aromatic nitrogens is 4. The van der Waals surface area contributed by atoms with Crippen LogP contribution in [-0.2, 0) is 13.1 Å². The van der Waals surface area contributed by atoms with Crippen LogP contribution in [0.3, 0.4) is 0 Å². The smallest absolute Gasteiger partial charge is 0.293 e. The van der Waals surface area contributed by atoms with Gasteiger partial charge < -0.3 is 18.8 Å². The van der Waals surface area contributed by atoms with Gasteiger partial charge in [0.1, 0.15) is 0 Å². The third kappa shape index (κ3) is 2.94. The lowest BCUT2D eigenvalue weighted by atomic mass is 10.3. The van der Waals surface area contributed by atoms with E-state index in [1.54, 1.807) is 30.9 Å². The average Bonchev–Trinajstić information content (AvgIpc) is 3.18. The molecular weight excluding hydrogens is 258 g/mol. The molecule has 3 aromatic rings. The number of nitrogens with one attached hydrogen (secondary N) is 1. The predicted octanol–water partition coefficient (Wildman–Crippen LogP) is 1.70. The maximum Gasteiger partial charge on any atom is 0.293 e. The molecule has 0 saturated heterocycles. The van der Waals surface area contributed by atoms with Gasteiger partial charge in [0, 0.05) is 25.0 Å². The van der Waals surface area contributed by atoms with Gasteiger partial charge in [0.25, 0.3) is 5.89 Å². The highest BCUT2D eigenvalue weighted by molar-refractivity contribution is 5.42. The molecule has 3 rings (SSSR count). The molecule has 0 aromatic carbocycles. The Morgan fingerprint density at radius 1 is 1.45 bits per heavy atom. The highest BCUT2D eigenvalue weighted by Gasteiger charge is 2.11. The van der Waals surface area contributed by atoms with Gasteiger partial charge in [-0.3, -0.25) is 0 Å². The van der Waals surface area contributed by atoms with Crippen LogP contribution in [0.15, 0.2) is 46.1 Å². The molecule has 0 bridgehead atoms. The first-order valence-corrected chi connectivity index (χ1v) is 6.37. The van der Waals surface area contributed by atoms with Crippen LogP contribution in [0, 0.1) is 0 Å². The fourth-order valence-electron chi connectivity index (χ4n) is 1.87. The van der Waals surface area contributed by atoms with Crippen molar-refractivity contribution in [1.29, 1.82) is 0 Å². The lowest BCUT2D eigenvalue weighted by Gasteiger charge is -2.12. The van der Waals surface area contributed by atoms with E-state index in [1.807, 2.05) is 10.8 Å². The summed E-state index contributed by atoms with van der Waals surface area (Å²) in [7, 11) is 0. The van der Waals surface area contributed by atoms with Crippen molar-refractivity contribution in [1.82, 2.24) is 25.0 Å². The Kier molecular flexibility index (Phi) is 3.60. The van der Waals surface area contributed by atoms with Gasteiger partial charge in [-0.15, -0.1) is 0 Å². The minimum Gasteiger partial charge on any atom is -0.459 e. The van der Waals surface area contributed by atoms with Crippen molar-refractivity contribution in [2.24, 2.45) is 0 Å². The van der Waals surface area contributed by atoms with Gasteiger partial charge in [-0.05, 0) is 19.1 Å². The zero-order valence-electron chi connectivity index (χ0n) is 11.1. The van der Waals surface area contributed by atoms with Crippen molar-refractivity contribution in [3.05, 3.63) is 42.9 Å². The highest BCUT2D eigenvalue weighted by Crippen LogP contribution is 2.16. The van der Waals surface area contributed by atoms with E-state index in [1.165, 1.54) is 0 Å². The molecule has 1 atom stereocenters. The van der Waals surface area contributed by atoms with Gasteiger partial charge in [-0.2, -0.15) is 4.98 Å². The second kappa shape index (κ2) is 5.70. The van der Waals surface area contributed by atoms with E-state index in [4.69, 9.17) is 8.94 Å². The number of imidazole rings is 1. The Hall–Kier alpha value is -2.41. The van der Waals surface area contributed by atoms with Crippen molar-refractivity contribution < 1.29 is 8.94 Å². The van der Waals surface area contributed by atoms with E-state index in [0.717, 1.165) is 6.54 Å². The van der Waals surface area contributed by atoms with Crippen LogP contribution < -0.4 is 5.32 Å². The van der Waals surface area contributed by atoms with E-state index in [9.17, 15) is 0 Å². The number of hydrogen-bond donors (Lipinski definition) is 1. The first-order valence-electron chi connectivity index (χ1n) is 6.37. The van der Waals surface area contributed by atoms with Gasteiger partial charge >= 0.3 is 0 Å². The van der Waals surface area contributed by atoms with Crippen LogP contribution in [0.4, 0.5) is 0 Å². The van der Waals surface area contributed by atoms with E-state index < -0.39 is 0 Å². The molecule has 104 valence electrons. The summed E-state index contributed by atoms with van der Waals surface area (Å²) in [5, 5.41) is 7.24. The molecule has 0 radical (unpaired) electrons. The summed E-state index contributed by atoms with van der Waals surface area (Å²) < 4.78 is 12.4. The molecule has 0 aliphatic carbocycles. The molecule has 20 heavy (non-hydrogen) atoms. The number of furan rings is 1. The molecule has 0 spiro atoms. The molecule has 0 aliphatic heterocycles. The largest absolute Gasteiger partial charge is 0.459 e. The van der Waals surface area contributed by atoms with Crippen LogP contribution in [-0.4, -0.2) is 25.7 Å². The highest BCUT2D eigenvalue weighted by atomic mass is 16.5. The molecule has 3 heterocycles. The molecule has 0 fully saturated rings. The fourth-order valence-corrected chi connectivity index (χ4v) is 1.87. The Labute approximate surface area is 115 Å². The molecule has 7 heteroatoms. The summed E-state index contributed by atoms with van der Waals surface area (Å²) in [4.78, 5) is 8.28. The quantitative estimate of drug-likeness (QED) is 0.736. The third-order valence-electron chi connectivity index (χ3n) is 2.85. The SMILES string of the molecule is C[C@H](Cn1ccnc1)NCc1noc(-c2ccco2)n1. The molecular formula is C13H15N5O2. The summed E-state index contributed by atoms with van der Waals surface area (Å²) in [6, 6.07) is 3.84. The van der Waals surface area contributed by atoms with Crippen molar-refractivity contribution in [3.63, 3.8) is 0 Å². The number of hydrogen-bond acceptors (Lipinski definition) is 6. The summed E-state index contributed by atoms with van der Waals surface area (Å²) in [6.07, 6.45) is 7.06. The van der Waals surface area contributed by atoms with Crippen molar-refractivity contribution in [2.45, 2.75) is 26.1 Å². The molecule has 0 unspecified atom stereocenters. The standard InChI is InChI=1S/C13H15N5O2/c1-10(8-18-5-4-14-9-18)15-7-12-16-13(20-17-12)11-3-2-6-19-11/h2-6,9-10,15H,7-8H2,1H3/t10-/m1/s1. The van der Waals surface area contributed by atoms with Crippen LogP contribution >= 0.6 is 0 Å². The van der Waals surface area contributed by atoms with Gasteiger partial charge in [0.05, 0.1) is 19.1 Å². The molecule has 1 N–H and O–H groups in total. The zero-order chi connectivity index (χ0) is 13.8. The average molecular weight is 273 g/mol. The Morgan fingerprint density at radius 2 is 2.40 bits per heavy atom. The van der Waals surface area contributed by atoms with E-state index in [2.05, 4.69) is 27.4 Å². The van der Waals surface area contributed by atoms with Gasteiger partial charge in [-0.25, -0.2) is 4.98 Å². The summed E-state index contributed by atoms with van der Waals surface area (Å²) in [5.74, 6) is 1.58. The molecule has 0 amide bonds. The van der Waals surface area contributed by atoms with Crippen LogP contribution in [0.25, 0.3) is 11.7 Å². The molecule has 3 aromatic heterocycles. The van der Waals surface area contributed by atoms with Gasteiger partial charge in [0.2, 0.25) is 0 Å². The third-order valence-corrected chi connectivity index (χ3v) is 2.85. The van der Waals surface area contributed by atoms with E-state index >= 15 is 0 Å². The first kappa shape index (κ1) is 12.6. The number of nitrogens with zero attached hydrogens (tertiary/aromatic N) is 4. The van der Waals surface area contributed by atoms with Crippen LogP contribution in [0.1, 0.15) is 12.7 Å². The Morgan fingerprint density at radius 3 is 3.15 bits per heavy atom. The van der Waals surface area contributed by atoms with Crippen LogP contribution in [0.2, 0.25) is 0 Å². The maximum absolute atomic E-state index is 5.20. The lowest BCUT2D eigenvalue weighted by Crippen LogP contribution is -2.29. The van der Waals surface area contributed by atoms with Crippen molar-refractivity contribution in [3.8, 4) is 11.7 Å². The Bertz CT molecular complexity index is 630. The lowest BCUT2D eigenvalue weighted by molar-refractivity contribution is 0.401. The summed E-state index contributed by atoms with van der Waals surface area (Å²) in [5.41, 5.74) is 0. The van der Waals surface area contributed by atoms with E-state index in [0.29, 0.717) is 24.0 Å². The van der Waals surface area contributed by atoms with Crippen molar-refractivity contribution >= 4 is 0 Å². The monoisotopic (exact) mass is 273 g/mol. The second-order valence-corrected chi connectivity index (χ2v) is 4.53. The molecule has 7 nitrogen and oxygen atoms in total.